The van der Waals surface area contributed by atoms with E-state index in [1.165, 1.54) is 23.8 Å². The highest BCUT2D eigenvalue weighted by Crippen LogP contribution is 2.41. The summed E-state index contributed by atoms with van der Waals surface area (Å²) in [6.45, 7) is 0.643. The molecule has 5 N–H and O–H groups in total. The van der Waals surface area contributed by atoms with Gasteiger partial charge in [-0.2, -0.15) is 11.8 Å². The van der Waals surface area contributed by atoms with E-state index in [2.05, 4.69) is 25.8 Å². The molecular weight excluding hydrogens is 610 g/mol. The molecule has 0 radical (unpaired) electrons. The molecule has 0 aliphatic carbocycles. The molecular formula is C25H24ClN7O5S3. The van der Waals surface area contributed by atoms with Crippen molar-refractivity contribution in [2.75, 3.05) is 42.0 Å². The van der Waals surface area contributed by atoms with Crippen molar-refractivity contribution >= 4 is 91.7 Å². The maximum absolute atomic E-state index is 13.0. The van der Waals surface area contributed by atoms with Crippen LogP contribution in [0.5, 0.6) is 0 Å². The summed E-state index contributed by atoms with van der Waals surface area (Å²) in [5.41, 5.74) is 8.11. The second-order valence-electron chi connectivity index (χ2n) is 8.81. The highest BCUT2D eigenvalue weighted by Gasteiger charge is 2.54. The molecule has 1 aromatic carbocycles. The third kappa shape index (κ3) is 6.07. The number of nitrogens with two attached hydrogens (primary N) is 1. The zero-order valence-corrected chi connectivity index (χ0v) is 24.7. The highest BCUT2D eigenvalue weighted by atomic mass is 35.5. The first kappa shape index (κ1) is 29.0. The number of carboxylic acids is 1. The predicted octanol–water partition coefficient (Wildman–Crippen LogP) is 2.86. The fourth-order valence-corrected chi connectivity index (χ4v) is 7.49. The number of oxime groups is 1. The molecule has 0 spiro atoms. The van der Waals surface area contributed by atoms with Crippen LogP contribution >= 0.6 is 46.5 Å². The average molecular weight is 634 g/mol. The van der Waals surface area contributed by atoms with E-state index in [1.807, 2.05) is 18.2 Å². The molecule has 4 heterocycles. The number of halogens is 1. The Kier molecular flexibility index (Phi) is 8.87. The fraction of sp³-hybridized carbons (Fsp3) is 0.280. The van der Waals surface area contributed by atoms with Crippen LogP contribution in [-0.4, -0.2) is 85.8 Å². The van der Waals surface area contributed by atoms with Crippen molar-refractivity contribution in [1.82, 2.24) is 20.2 Å². The largest absolute Gasteiger partial charge is 0.477 e. The first-order chi connectivity index (χ1) is 19.8. The fourth-order valence-electron chi connectivity index (χ4n) is 4.42. The Morgan fingerprint density at radius 3 is 2.93 bits per heavy atom. The number of hydrogen-bond donors (Lipinski definition) is 4. The molecule has 41 heavy (non-hydrogen) atoms. The minimum Gasteiger partial charge on any atom is -0.477 e. The molecule has 5 rings (SSSR count). The number of nitrogens with one attached hydrogen (secondary N) is 2. The SMILES string of the molecule is CO/N=C(\C(=O)N[C@@H]1C(=O)N2C(C(=O)O)=C(CSCCNc3ccnc4cc(Cl)ccc34)CS[C@H]12)c1csc(N)n1. The van der Waals surface area contributed by atoms with E-state index in [0.29, 0.717) is 34.4 Å². The Balaban J connectivity index is 1.19. The number of thiazole rings is 1. The zero-order valence-electron chi connectivity index (χ0n) is 21.5. The molecule has 1 saturated heterocycles. The predicted molar refractivity (Wildman–Crippen MR) is 162 cm³/mol. The van der Waals surface area contributed by atoms with Crippen LogP contribution < -0.4 is 16.4 Å². The lowest BCUT2D eigenvalue weighted by molar-refractivity contribution is -0.150. The molecule has 2 aliphatic heterocycles. The smallest absolute Gasteiger partial charge is 0.352 e. The molecule has 12 nitrogen and oxygen atoms in total. The van der Waals surface area contributed by atoms with Crippen molar-refractivity contribution in [3.05, 3.63) is 57.8 Å². The van der Waals surface area contributed by atoms with Crippen LogP contribution in [0, 0.1) is 0 Å². The van der Waals surface area contributed by atoms with Gasteiger partial charge in [-0.3, -0.25) is 19.5 Å². The van der Waals surface area contributed by atoms with E-state index >= 15 is 0 Å². The van der Waals surface area contributed by atoms with Gasteiger partial charge >= 0.3 is 5.97 Å². The second kappa shape index (κ2) is 12.5. The van der Waals surface area contributed by atoms with Crippen molar-refractivity contribution < 1.29 is 24.3 Å². The van der Waals surface area contributed by atoms with Gasteiger partial charge < -0.3 is 26.3 Å². The number of nitrogen functional groups attached to an aromatic ring is 1. The van der Waals surface area contributed by atoms with Gasteiger partial charge in [0, 0.05) is 51.5 Å². The number of hydrogen-bond acceptors (Lipinski definition) is 12. The topological polar surface area (TPSA) is 172 Å². The monoisotopic (exact) mass is 633 g/mol. The van der Waals surface area contributed by atoms with Gasteiger partial charge in [0.15, 0.2) is 10.8 Å². The number of aromatic nitrogens is 2. The minimum atomic E-state index is -1.18. The number of thioether (sulfide) groups is 2. The van der Waals surface area contributed by atoms with Crippen LogP contribution in [0.2, 0.25) is 5.02 Å². The molecule has 3 aromatic rings. The van der Waals surface area contributed by atoms with Gasteiger partial charge in [0.2, 0.25) is 0 Å². The number of anilines is 2. The summed E-state index contributed by atoms with van der Waals surface area (Å²) in [6, 6.07) is 6.52. The highest BCUT2D eigenvalue weighted by molar-refractivity contribution is 8.01. The minimum absolute atomic E-state index is 0.0280. The standard InChI is InChI=1S/C25H24ClN7O5S3/c1-38-32-18(17-11-41-25(27)30-17)21(34)31-19-22(35)33-20(24(36)37)12(10-40-23(19)33)9-39-7-6-29-15-4-5-28-16-8-13(26)2-3-14(15)16/h2-5,8,11,19,23H,6-7,9-10H2,1H3,(H2,27,30)(H,28,29)(H,31,34)(H,36,37)/b32-18-/t19-,23-/m1/s1. The molecule has 2 aliphatic rings. The van der Waals surface area contributed by atoms with E-state index in [-0.39, 0.29) is 22.2 Å². The van der Waals surface area contributed by atoms with E-state index in [0.717, 1.165) is 27.9 Å². The number of amides is 2. The molecule has 2 amide bonds. The number of pyridine rings is 1. The first-order valence-corrected chi connectivity index (χ1v) is 15.6. The molecule has 2 aromatic heterocycles. The van der Waals surface area contributed by atoms with E-state index in [9.17, 15) is 19.5 Å². The quantitative estimate of drug-likeness (QED) is 0.106. The van der Waals surface area contributed by atoms with E-state index < -0.39 is 29.2 Å². The number of aliphatic carboxylic acids is 1. The van der Waals surface area contributed by atoms with Crippen molar-refractivity contribution in [3.8, 4) is 0 Å². The van der Waals surface area contributed by atoms with Gasteiger partial charge in [-0.15, -0.1) is 23.1 Å². The van der Waals surface area contributed by atoms with Gasteiger partial charge in [-0.25, -0.2) is 9.78 Å². The molecule has 0 bridgehead atoms. The Morgan fingerprint density at radius 1 is 1.37 bits per heavy atom. The first-order valence-electron chi connectivity index (χ1n) is 12.2. The number of carbonyl (C=O) groups excluding carboxylic acids is 2. The average Bonchev–Trinajstić information content (AvgIpc) is 3.39. The summed E-state index contributed by atoms with van der Waals surface area (Å²) >= 11 is 10.2. The Labute approximate surface area is 251 Å². The Morgan fingerprint density at radius 2 is 2.20 bits per heavy atom. The summed E-state index contributed by atoms with van der Waals surface area (Å²) in [4.78, 5) is 52.6. The third-order valence-corrected chi connectivity index (χ3v) is 9.54. The maximum Gasteiger partial charge on any atom is 0.352 e. The van der Waals surface area contributed by atoms with E-state index in [1.54, 1.807) is 29.4 Å². The maximum atomic E-state index is 13.0. The number of nitrogens with zero attached hydrogens (tertiary/aromatic N) is 4. The van der Waals surface area contributed by atoms with Crippen molar-refractivity contribution in [2.45, 2.75) is 11.4 Å². The number of rotatable bonds is 11. The van der Waals surface area contributed by atoms with Crippen molar-refractivity contribution in [2.24, 2.45) is 5.16 Å². The molecule has 0 unspecified atom stereocenters. The molecule has 214 valence electrons. The summed E-state index contributed by atoms with van der Waals surface area (Å²) in [7, 11) is 1.28. The van der Waals surface area contributed by atoms with Crippen LogP contribution in [0.15, 0.2) is 52.3 Å². The number of benzene rings is 1. The van der Waals surface area contributed by atoms with Crippen LogP contribution in [-0.2, 0) is 19.2 Å². The summed E-state index contributed by atoms with van der Waals surface area (Å²) in [5.74, 6) is -0.778. The molecule has 1 fully saturated rings. The van der Waals surface area contributed by atoms with Crippen LogP contribution in [0.1, 0.15) is 5.69 Å². The molecule has 16 heteroatoms. The molecule has 2 atom stereocenters. The van der Waals surface area contributed by atoms with Gasteiger partial charge in [0.25, 0.3) is 11.8 Å². The normalized spacial score (nSPS) is 18.6. The van der Waals surface area contributed by atoms with Crippen molar-refractivity contribution in [1.29, 1.82) is 0 Å². The number of β-lactam (4-membered cyclic amide) rings is 1. The van der Waals surface area contributed by atoms with E-state index in [4.69, 9.17) is 22.2 Å². The summed E-state index contributed by atoms with van der Waals surface area (Å²) < 4.78 is 0. The van der Waals surface area contributed by atoms with Gasteiger partial charge in [-0.05, 0) is 29.8 Å². The van der Waals surface area contributed by atoms with Crippen LogP contribution in [0.3, 0.4) is 0 Å². The number of carboxylic acid groups (broad SMARTS) is 1. The summed E-state index contributed by atoms with van der Waals surface area (Å²) in [6.07, 6.45) is 1.72. The van der Waals surface area contributed by atoms with Crippen molar-refractivity contribution in [3.63, 3.8) is 0 Å². The van der Waals surface area contributed by atoms with Crippen LogP contribution in [0.4, 0.5) is 10.8 Å². The lowest BCUT2D eigenvalue weighted by Gasteiger charge is -2.49. The van der Waals surface area contributed by atoms with Crippen LogP contribution in [0.25, 0.3) is 10.9 Å². The lowest BCUT2D eigenvalue weighted by atomic mass is 10.0. The Hall–Kier alpha value is -3.53. The Bertz CT molecular complexity index is 1580. The van der Waals surface area contributed by atoms with Gasteiger partial charge in [0.05, 0.1) is 5.52 Å². The number of carbonyl (C=O) groups is 3. The second-order valence-corrected chi connectivity index (χ2v) is 12.3. The lowest BCUT2D eigenvalue weighted by Crippen LogP contribution is -2.71. The molecule has 0 saturated carbocycles. The summed E-state index contributed by atoms with van der Waals surface area (Å²) in [5, 5.41) is 22.6. The van der Waals surface area contributed by atoms with Gasteiger partial charge in [-0.1, -0.05) is 16.8 Å². The third-order valence-electron chi connectivity index (χ3n) is 6.24. The van der Waals surface area contributed by atoms with Gasteiger partial charge in [0.1, 0.15) is 29.9 Å². The zero-order chi connectivity index (χ0) is 29.1. The number of fused-ring (bicyclic) bond motifs is 2.